The monoisotopic (exact) mass is 269 g/mol. The van der Waals surface area contributed by atoms with E-state index in [0.717, 1.165) is 38.0 Å². The van der Waals surface area contributed by atoms with Gasteiger partial charge in [0.05, 0.1) is 11.2 Å². The Balaban J connectivity index is 1.66. The number of urea groups is 1. The van der Waals surface area contributed by atoms with Gasteiger partial charge in [-0.05, 0) is 18.8 Å². The van der Waals surface area contributed by atoms with Gasteiger partial charge in [0.1, 0.15) is 0 Å². The minimum atomic E-state index is 0.00150. The number of aliphatic hydroxyl groups is 1. The largest absolute Gasteiger partial charge is 0.396 e. The molecular formula is C12H19N3O2S. The van der Waals surface area contributed by atoms with Crippen molar-refractivity contribution in [1.29, 1.82) is 0 Å². The van der Waals surface area contributed by atoms with Gasteiger partial charge >= 0.3 is 6.03 Å². The first-order chi connectivity index (χ1) is 8.79. The summed E-state index contributed by atoms with van der Waals surface area (Å²) in [6.45, 7) is 2.35. The Morgan fingerprint density at radius 2 is 2.33 bits per heavy atom. The number of aromatic nitrogens is 1. The number of nitrogens with one attached hydrogen (secondary N) is 1. The summed E-state index contributed by atoms with van der Waals surface area (Å²) in [6, 6.07) is 0.00150. The molecule has 0 bridgehead atoms. The third-order valence-electron chi connectivity index (χ3n) is 3.30. The Labute approximate surface area is 111 Å². The Morgan fingerprint density at radius 3 is 2.94 bits per heavy atom. The lowest BCUT2D eigenvalue weighted by Crippen LogP contribution is -2.45. The number of rotatable bonds is 4. The number of carbonyl (C=O) groups is 1. The lowest BCUT2D eigenvalue weighted by atomic mass is 9.98. The molecule has 2 N–H and O–H groups in total. The standard InChI is InChI=1S/C12H19N3O2S/c16-7-10-2-5-15(6-3-10)12(17)13-4-1-11-8-18-9-14-11/h8-10,16H,1-7H2,(H,13,17). The van der Waals surface area contributed by atoms with Crippen LogP contribution in [-0.4, -0.2) is 47.3 Å². The van der Waals surface area contributed by atoms with Crippen LogP contribution >= 0.6 is 11.3 Å². The Hall–Kier alpha value is -1.14. The molecule has 1 aliphatic rings. The van der Waals surface area contributed by atoms with E-state index < -0.39 is 0 Å². The number of aliphatic hydroxyl groups excluding tert-OH is 1. The number of nitrogens with zero attached hydrogens (tertiary/aromatic N) is 2. The van der Waals surface area contributed by atoms with Gasteiger partial charge in [0.25, 0.3) is 0 Å². The molecule has 0 radical (unpaired) electrons. The Kier molecular flexibility index (Phi) is 4.95. The quantitative estimate of drug-likeness (QED) is 0.860. The van der Waals surface area contributed by atoms with E-state index in [-0.39, 0.29) is 12.6 Å². The molecule has 100 valence electrons. The number of thiazole rings is 1. The second-order valence-electron chi connectivity index (χ2n) is 4.57. The molecule has 6 heteroatoms. The second kappa shape index (κ2) is 6.70. The third-order valence-corrected chi connectivity index (χ3v) is 3.94. The molecule has 1 saturated heterocycles. The van der Waals surface area contributed by atoms with Gasteiger partial charge in [0, 0.05) is 38.0 Å². The molecule has 0 atom stereocenters. The van der Waals surface area contributed by atoms with Crippen LogP contribution in [-0.2, 0) is 6.42 Å². The summed E-state index contributed by atoms with van der Waals surface area (Å²) in [7, 11) is 0. The fraction of sp³-hybridized carbons (Fsp3) is 0.667. The first-order valence-corrected chi connectivity index (χ1v) is 7.24. The summed E-state index contributed by atoms with van der Waals surface area (Å²) in [5.41, 5.74) is 2.83. The number of amides is 2. The van der Waals surface area contributed by atoms with Crippen LogP contribution in [0.2, 0.25) is 0 Å². The van der Waals surface area contributed by atoms with Crippen LogP contribution < -0.4 is 5.32 Å². The maximum atomic E-state index is 11.9. The molecule has 1 aromatic heterocycles. The van der Waals surface area contributed by atoms with Crippen molar-refractivity contribution in [1.82, 2.24) is 15.2 Å². The van der Waals surface area contributed by atoms with Crippen LogP contribution in [0.5, 0.6) is 0 Å². The van der Waals surface area contributed by atoms with Crippen molar-refractivity contribution < 1.29 is 9.90 Å². The van der Waals surface area contributed by atoms with Gasteiger partial charge in [0.15, 0.2) is 0 Å². The van der Waals surface area contributed by atoms with E-state index in [0.29, 0.717) is 12.5 Å². The smallest absolute Gasteiger partial charge is 0.317 e. The Morgan fingerprint density at radius 1 is 1.56 bits per heavy atom. The van der Waals surface area contributed by atoms with E-state index in [4.69, 9.17) is 5.11 Å². The van der Waals surface area contributed by atoms with Gasteiger partial charge < -0.3 is 15.3 Å². The first-order valence-electron chi connectivity index (χ1n) is 6.30. The number of hydrogen-bond donors (Lipinski definition) is 2. The van der Waals surface area contributed by atoms with Crippen molar-refractivity contribution in [3.8, 4) is 0 Å². The molecule has 2 amide bonds. The number of piperidine rings is 1. The number of likely N-dealkylation sites (tertiary alicyclic amines) is 1. The Bertz CT molecular complexity index is 361. The second-order valence-corrected chi connectivity index (χ2v) is 5.29. The predicted octanol–water partition coefficient (Wildman–Crippen LogP) is 1.10. The van der Waals surface area contributed by atoms with Crippen molar-refractivity contribution in [2.24, 2.45) is 5.92 Å². The van der Waals surface area contributed by atoms with E-state index in [9.17, 15) is 4.79 Å². The average Bonchev–Trinajstić information content (AvgIpc) is 2.92. The lowest BCUT2D eigenvalue weighted by molar-refractivity contribution is 0.137. The molecule has 0 spiro atoms. The van der Waals surface area contributed by atoms with E-state index in [1.165, 1.54) is 0 Å². The topological polar surface area (TPSA) is 65.5 Å². The molecule has 0 aromatic carbocycles. The van der Waals surface area contributed by atoms with Gasteiger partial charge in [-0.15, -0.1) is 11.3 Å². The van der Waals surface area contributed by atoms with Crippen molar-refractivity contribution in [2.75, 3.05) is 26.2 Å². The van der Waals surface area contributed by atoms with Crippen LogP contribution in [0.25, 0.3) is 0 Å². The van der Waals surface area contributed by atoms with Crippen LogP contribution in [0.3, 0.4) is 0 Å². The summed E-state index contributed by atoms with van der Waals surface area (Å²) in [6.07, 6.45) is 2.58. The lowest BCUT2D eigenvalue weighted by Gasteiger charge is -2.31. The summed E-state index contributed by atoms with van der Waals surface area (Å²) < 4.78 is 0. The van der Waals surface area contributed by atoms with E-state index >= 15 is 0 Å². The minimum Gasteiger partial charge on any atom is -0.396 e. The SMILES string of the molecule is O=C(NCCc1cscn1)N1CCC(CO)CC1. The molecular weight excluding hydrogens is 250 g/mol. The summed E-state index contributed by atoms with van der Waals surface area (Å²) >= 11 is 1.57. The summed E-state index contributed by atoms with van der Waals surface area (Å²) in [5.74, 6) is 0.365. The zero-order chi connectivity index (χ0) is 12.8. The molecule has 0 aliphatic carbocycles. The molecule has 18 heavy (non-hydrogen) atoms. The molecule has 5 nitrogen and oxygen atoms in total. The highest BCUT2D eigenvalue weighted by Crippen LogP contribution is 2.16. The van der Waals surface area contributed by atoms with E-state index in [1.807, 2.05) is 10.3 Å². The van der Waals surface area contributed by atoms with Gasteiger partial charge in [-0.1, -0.05) is 0 Å². The first kappa shape index (κ1) is 13.3. The molecule has 0 unspecified atom stereocenters. The average molecular weight is 269 g/mol. The fourth-order valence-electron chi connectivity index (χ4n) is 2.09. The zero-order valence-electron chi connectivity index (χ0n) is 10.3. The van der Waals surface area contributed by atoms with Crippen molar-refractivity contribution in [3.63, 3.8) is 0 Å². The molecule has 2 rings (SSSR count). The van der Waals surface area contributed by atoms with E-state index in [2.05, 4.69) is 10.3 Å². The highest BCUT2D eigenvalue weighted by atomic mass is 32.1. The van der Waals surface area contributed by atoms with Crippen LogP contribution in [0.15, 0.2) is 10.9 Å². The fourth-order valence-corrected chi connectivity index (χ4v) is 2.68. The maximum Gasteiger partial charge on any atom is 0.317 e. The van der Waals surface area contributed by atoms with Gasteiger partial charge in [0.2, 0.25) is 0 Å². The normalized spacial score (nSPS) is 16.8. The van der Waals surface area contributed by atoms with Gasteiger partial charge in [-0.2, -0.15) is 0 Å². The highest BCUT2D eigenvalue weighted by molar-refractivity contribution is 7.07. The third kappa shape index (κ3) is 3.68. The maximum absolute atomic E-state index is 11.9. The van der Waals surface area contributed by atoms with Crippen molar-refractivity contribution >= 4 is 17.4 Å². The molecule has 1 aliphatic heterocycles. The molecule has 2 heterocycles. The number of hydrogen-bond acceptors (Lipinski definition) is 4. The van der Waals surface area contributed by atoms with Crippen molar-refractivity contribution in [2.45, 2.75) is 19.3 Å². The highest BCUT2D eigenvalue weighted by Gasteiger charge is 2.21. The molecule has 1 fully saturated rings. The molecule has 1 aromatic rings. The van der Waals surface area contributed by atoms with Crippen LogP contribution in [0.1, 0.15) is 18.5 Å². The summed E-state index contributed by atoms with van der Waals surface area (Å²) in [5, 5.41) is 13.9. The van der Waals surface area contributed by atoms with Crippen LogP contribution in [0.4, 0.5) is 4.79 Å². The van der Waals surface area contributed by atoms with Gasteiger partial charge in [-0.25, -0.2) is 9.78 Å². The van der Waals surface area contributed by atoms with Crippen molar-refractivity contribution in [3.05, 3.63) is 16.6 Å². The summed E-state index contributed by atoms with van der Waals surface area (Å²) in [4.78, 5) is 17.9. The number of carbonyl (C=O) groups excluding carboxylic acids is 1. The van der Waals surface area contributed by atoms with Crippen LogP contribution in [0, 0.1) is 5.92 Å². The predicted molar refractivity (Wildman–Crippen MR) is 70.6 cm³/mol. The van der Waals surface area contributed by atoms with Gasteiger partial charge in [-0.3, -0.25) is 0 Å². The van der Waals surface area contributed by atoms with E-state index in [1.54, 1.807) is 16.8 Å². The zero-order valence-corrected chi connectivity index (χ0v) is 11.2. The minimum absolute atomic E-state index is 0.00150. The molecule has 0 saturated carbocycles.